The first-order chi connectivity index (χ1) is 11.7. The highest BCUT2D eigenvalue weighted by atomic mass is 16.1. The summed E-state index contributed by atoms with van der Waals surface area (Å²) in [5.74, 6) is 0.776. The van der Waals surface area contributed by atoms with Crippen molar-refractivity contribution in [1.82, 2.24) is 10.3 Å². The summed E-state index contributed by atoms with van der Waals surface area (Å²) < 4.78 is 0. The molecule has 3 rings (SSSR count). The Balaban J connectivity index is 1.54. The average Bonchev–Trinajstić information content (AvgIpc) is 2.64. The van der Waals surface area contributed by atoms with E-state index >= 15 is 0 Å². The molecule has 1 aliphatic rings. The zero-order valence-electron chi connectivity index (χ0n) is 14.4. The Bertz CT molecular complexity index is 645. The fourth-order valence-electron chi connectivity index (χ4n) is 3.59. The molecule has 1 saturated carbocycles. The topological polar surface area (TPSA) is 42.0 Å². The van der Waals surface area contributed by atoms with Crippen molar-refractivity contribution >= 4 is 5.91 Å². The van der Waals surface area contributed by atoms with Crippen molar-refractivity contribution < 1.29 is 4.79 Å². The molecular formula is C21H26N2O. The minimum absolute atomic E-state index is 0.127. The Kier molecular flexibility index (Phi) is 5.63. The first-order valence-electron chi connectivity index (χ1n) is 9.01. The molecule has 1 atom stereocenters. The van der Waals surface area contributed by atoms with Gasteiger partial charge in [0.15, 0.2) is 0 Å². The van der Waals surface area contributed by atoms with Gasteiger partial charge in [0.25, 0.3) is 0 Å². The molecule has 1 aliphatic carbocycles. The summed E-state index contributed by atoms with van der Waals surface area (Å²) in [5.41, 5.74) is 3.28. The summed E-state index contributed by atoms with van der Waals surface area (Å²) in [6.07, 6.45) is 10.5. The summed E-state index contributed by atoms with van der Waals surface area (Å²) in [5, 5.41) is 3.20. The number of amides is 1. The van der Waals surface area contributed by atoms with Crippen molar-refractivity contribution in [2.75, 3.05) is 0 Å². The van der Waals surface area contributed by atoms with Gasteiger partial charge in [0.1, 0.15) is 0 Å². The van der Waals surface area contributed by atoms with Gasteiger partial charge in [0.2, 0.25) is 5.91 Å². The SMILES string of the molecule is C[C@@H](NC(=O)Cc1ccc(-c2cccnc2)cc1)C1CCCCC1. The first-order valence-corrected chi connectivity index (χ1v) is 9.01. The van der Waals surface area contributed by atoms with Crippen molar-refractivity contribution in [2.24, 2.45) is 5.92 Å². The van der Waals surface area contributed by atoms with E-state index in [0.29, 0.717) is 12.3 Å². The van der Waals surface area contributed by atoms with Gasteiger partial charge in [-0.1, -0.05) is 49.6 Å². The van der Waals surface area contributed by atoms with Crippen molar-refractivity contribution in [3.8, 4) is 11.1 Å². The van der Waals surface area contributed by atoms with E-state index in [9.17, 15) is 4.79 Å². The number of nitrogens with one attached hydrogen (secondary N) is 1. The Morgan fingerprint density at radius 1 is 1.12 bits per heavy atom. The minimum Gasteiger partial charge on any atom is -0.353 e. The molecule has 2 aromatic rings. The van der Waals surface area contributed by atoms with E-state index in [1.165, 1.54) is 32.1 Å². The zero-order chi connectivity index (χ0) is 16.8. The van der Waals surface area contributed by atoms with Gasteiger partial charge in [0.05, 0.1) is 6.42 Å². The third-order valence-electron chi connectivity index (χ3n) is 5.06. The standard InChI is InChI=1S/C21H26N2O/c1-16(18-6-3-2-4-7-18)23-21(24)14-17-9-11-19(12-10-17)20-8-5-13-22-15-20/h5,8-13,15-16,18H,2-4,6-7,14H2,1H3,(H,23,24)/t16-/m1/s1. The van der Waals surface area contributed by atoms with Gasteiger partial charge in [-0.25, -0.2) is 0 Å². The lowest BCUT2D eigenvalue weighted by Crippen LogP contribution is -2.39. The molecule has 0 bridgehead atoms. The number of pyridine rings is 1. The lowest BCUT2D eigenvalue weighted by molar-refractivity contribution is -0.121. The van der Waals surface area contributed by atoms with E-state index in [-0.39, 0.29) is 11.9 Å². The average molecular weight is 322 g/mol. The minimum atomic E-state index is 0.127. The number of rotatable bonds is 5. The number of benzene rings is 1. The van der Waals surface area contributed by atoms with Crippen LogP contribution in [-0.4, -0.2) is 16.9 Å². The van der Waals surface area contributed by atoms with Crippen molar-refractivity contribution in [3.05, 3.63) is 54.4 Å². The molecule has 0 unspecified atom stereocenters. The van der Waals surface area contributed by atoms with Gasteiger partial charge in [-0.3, -0.25) is 9.78 Å². The van der Waals surface area contributed by atoms with E-state index in [1.54, 1.807) is 6.20 Å². The molecule has 0 radical (unpaired) electrons. The Morgan fingerprint density at radius 2 is 1.88 bits per heavy atom. The van der Waals surface area contributed by atoms with Gasteiger partial charge >= 0.3 is 0 Å². The lowest BCUT2D eigenvalue weighted by Gasteiger charge is -2.28. The Labute approximate surface area is 144 Å². The van der Waals surface area contributed by atoms with Gasteiger partial charge in [0, 0.05) is 18.4 Å². The summed E-state index contributed by atoms with van der Waals surface area (Å²) in [6, 6.07) is 12.5. The maximum absolute atomic E-state index is 12.3. The van der Waals surface area contributed by atoms with Crippen LogP contribution >= 0.6 is 0 Å². The first kappa shape index (κ1) is 16.7. The van der Waals surface area contributed by atoms with Crippen LogP contribution in [0.5, 0.6) is 0 Å². The quantitative estimate of drug-likeness (QED) is 0.888. The largest absolute Gasteiger partial charge is 0.353 e. The van der Waals surface area contributed by atoms with E-state index in [4.69, 9.17) is 0 Å². The van der Waals surface area contributed by atoms with Crippen LogP contribution in [0.25, 0.3) is 11.1 Å². The fraction of sp³-hybridized carbons (Fsp3) is 0.429. The molecular weight excluding hydrogens is 296 g/mol. The highest BCUT2D eigenvalue weighted by Crippen LogP contribution is 2.26. The molecule has 0 aliphatic heterocycles. The summed E-state index contributed by atoms with van der Waals surface area (Å²) in [4.78, 5) is 16.4. The molecule has 1 N–H and O–H groups in total. The van der Waals surface area contributed by atoms with E-state index < -0.39 is 0 Å². The number of carbonyl (C=O) groups excluding carboxylic acids is 1. The number of hydrogen-bond donors (Lipinski definition) is 1. The maximum atomic E-state index is 12.3. The van der Waals surface area contributed by atoms with Gasteiger partial charge in [-0.05, 0) is 48.4 Å². The molecule has 0 saturated heterocycles. The second-order valence-electron chi connectivity index (χ2n) is 6.87. The van der Waals surface area contributed by atoms with Crippen LogP contribution in [-0.2, 0) is 11.2 Å². The van der Waals surface area contributed by atoms with E-state index in [0.717, 1.165) is 16.7 Å². The zero-order valence-corrected chi connectivity index (χ0v) is 14.4. The van der Waals surface area contributed by atoms with Gasteiger partial charge in [-0.2, -0.15) is 0 Å². The fourth-order valence-corrected chi connectivity index (χ4v) is 3.59. The van der Waals surface area contributed by atoms with Crippen LogP contribution in [0.2, 0.25) is 0 Å². The summed E-state index contributed by atoms with van der Waals surface area (Å²) >= 11 is 0. The molecule has 1 heterocycles. The maximum Gasteiger partial charge on any atom is 0.224 e. The van der Waals surface area contributed by atoms with Gasteiger partial charge in [-0.15, -0.1) is 0 Å². The molecule has 24 heavy (non-hydrogen) atoms. The summed E-state index contributed by atoms with van der Waals surface area (Å²) in [7, 11) is 0. The second-order valence-corrected chi connectivity index (χ2v) is 6.87. The normalized spacial score (nSPS) is 16.5. The van der Waals surface area contributed by atoms with Crippen molar-refractivity contribution in [1.29, 1.82) is 0 Å². The lowest BCUT2D eigenvalue weighted by atomic mass is 9.84. The molecule has 126 valence electrons. The third-order valence-corrected chi connectivity index (χ3v) is 5.06. The van der Waals surface area contributed by atoms with Crippen molar-refractivity contribution in [2.45, 2.75) is 51.5 Å². The highest BCUT2D eigenvalue weighted by Gasteiger charge is 2.21. The van der Waals surface area contributed by atoms with E-state index in [1.807, 2.05) is 30.5 Å². The molecule has 1 amide bonds. The molecule has 1 aromatic carbocycles. The number of hydrogen-bond acceptors (Lipinski definition) is 2. The molecule has 3 nitrogen and oxygen atoms in total. The van der Waals surface area contributed by atoms with Gasteiger partial charge < -0.3 is 5.32 Å². The Morgan fingerprint density at radius 3 is 2.54 bits per heavy atom. The third kappa shape index (κ3) is 4.44. The molecule has 1 aromatic heterocycles. The van der Waals surface area contributed by atoms with E-state index in [2.05, 4.69) is 29.4 Å². The number of nitrogens with zero attached hydrogens (tertiary/aromatic N) is 1. The van der Waals surface area contributed by atoms with Crippen LogP contribution in [0.4, 0.5) is 0 Å². The monoisotopic (exact) mass is 322 g/mol. The molecule has 0 spiro atoms. The predicted octanol–water partition coefficient (Wildman–Crippen LogP) is 4.38. The number of carbonyl (C=O) groups is 1. The van der Waals surface area contributed by atoms with Crippen molar-refractivity contribution in [3.63, 3.8) is 0 Å². The Hall–Kier alpha value is -2.16. The second kappa shape index (κ2) is 8.09. The molecule has 3 heteroatoms. The predicted molar refractivity (Wildman–Crippen MR) is 97.6 cm³/mol. The smallest absolute Gasteiger partial charge is 0.224 e. The highest BCUT2D eigenvalue weighted by molar-refractivity contribution is 5.79. The number of aromatic nitrogens is 1. The van der Waals surface area contributed by atoms with Crippen LogP contribution < -0.4 is 5.32 Å². The van der Waals surface area contributed by atoms with Crippen LogP contribution in [0, 0.1) is 5.92 Å². The molecule has 1 fully saturated rings. The summed E-state index contributed by atoms with van der Waals surface area (Å²) in [6.45, 7) is 2.15. The van der Waals surface area contributed by atoms with Crippen LogP contribution in [0.3, 0.4) is 0 Å². The van der Waals surface area contributed by atoms with Crippen LogP contribution in [0.1, 0.15) is 44.6 Å². The van der Waals surface area contributed by atoms with Crippen LogP contribution in [0.15, 0.2) is 48.8 Å².